The van der Waals surface area contributed by atoms with Crippen molar-refractivity contribution in [2.45, 2.75) is 57.0 Å². The van der Waals surface area contributed by atoms with Gasteiger partial charge in [-0.25, -0.2) is 9.59 Å². The van der Waals surface area contributed by atoms with Gasteiger partial charge in [0.25, 0.3) is 0 Å². The molecule has 0 bridgehead atoms. The zero-order chi connectivity index (χ0) is 14.4. The number of nitrogens with one attached hydrogen (secondary N) is 3. The van der Waals surface area contributed by atoms with Gasteiger partial charge in [-0.1, -0.05) is 19.3 Å². The van der Waals surface area contributed by atoms with E-state index in [1.807, 2.05) is 0 Å². The van der Waals surface area contributed by atoms with Crippen molar-refractivity contribution in [3.8, 4) is 0 Å². The monoisotopic (exact) mass is 283 g/mol. The van der Waals surface area contributed by atoms with Crippen molar-refractivity contribution in [3.63, 3.8) is 0 Å². The fourth-order valence-electron chi connectivity index (χ4n) is 3.18. The van der Waals surface area contributed by atoms with Gasteiger partial charge in [0.05, 0.1) is 0 Å². The second-order valence-corrected chi connectivity index (χ2v) is 5.86. The van der Waals surface area contributed by atoms with E-state index in [4.69, 9.17) is 0 Å². The zero-order valence-electron chi connectivity index (χ0n) is 11.9. The summed E-state index contributed by atoms with van der Waals surface area (Å²) >= 11 is 0. The highest BCUT2D eigenvalue weighted by Crippen LogP contribution is 2.26. The molecule has 2 fully saturated rings. The minimum atomic E-state index is -0.919. The molecule has 0 aromatic heterocycles. The Kier molecular flexibility index (Phi) is 5.64. The number of carbonyl (C=O) groups excluding carboxylic acids is 1. The fraction of sp³-hybridized carbons (Fsp3) is 0.857. The molecule has 114 valence electrons. The number of carboxylic acid groups (broad SMARTS) is 1. The third-order valence-corrected chi connectivity index (χ3v) is 4.35. The van der Waals surface area contributed by atoms with E-state index in [2.05, 4.69) is 16.0 Å². The summed E-state index contributed by atoms with van der Waals surface area (Å²) in [6.07, 6.45) is 6.88. The molecule has 20 heavy (non-hydrogen) atoms. The van der Waals surface area contributed by atoms with Crippen molar-refractivity contribution < 1.29 is 14.7 Å². The van der Waals surface area contributed by atoms with E-state index >= 15 is 0 Å². The minimum absolute atomic E-state index is 0.0695. The van der Waals surface area contributed by atoms with E-state index in [1.54, 1.807) is 0 Å². The third-order valence-electron chi connectivity index (χ3n) is 4.35. The van der Waals surface area contributed by atoms with Crippen molar-refractivity contribution in [3.05, 3.63) is 0 Å². The number of rotatable bonds is 4. The van der Waals surface area contributed by atoms with Crippen LogP contribution in [0.15, 0.2) is 0 Å². The Morgan fingerprint density at radius 3 is 2.30 bits per heavy atom. The Labute approximate surface area is 119 Å². The Balaban J connectivity index is 1.83. The fourth-order valence-corrected chi connectivity index (χ4v) is 3.18. The van der Waals surface area contributed by atoms with Crippen molar-refractivity contribution in [2.24, 2.45) is 5.92 Å². The van der Waals surface area contributed by atoms with Gasteiger partial charge in [-0.3, -0.25) is 0 Å². The van der Waals surface area contributed by atoms with Crippen LogP contribution in [-0.4, -0.2) is 42.3 Å². The van der Waals surface area contributed by atoms with Gasteiger partial charge in [0, 0.05) is 6.04 Å². The predicted molar refractivity (Wildman–Crippen MR) is 75.6 cm³/mol. The molecular formula is C14H25N3O3. The maximum atomic E-state index is 12.0. The molecular weight excluding hydrogens is 258 g/mol. The molecule has 2 aliphatic rings. The Morgan fingerprint density at radius 1 is 1.05 bits per heavy atom. The number of urea groups is 1. The smallest absolute Gasteiger partial charge is 0.326 e. The zero-order valence-corrected chi connectivity index (χ0v) is 11.9. The summed E-state index contributed by atoms with van der Waals surface area (Å²) in [5, 5.41) is 18.1. The Morgan fingerprint density at radius 2 is 1.70 bits per heavy atom. The Hall–Kier alpha value is -1.30. The first kappa shape index (κ1) is 15.1. The van der Waals surface area contributed by atoms with E-state index < -0.39 is 12.0 Å². The number of aliphatic carboxylic acids is 1. The summed E-state index contributed by atoms with van der Waals surface area (Å²) in [6.45, 7) is 1.80. The Bertz CT molecular complexity index is 337. The molecule has 0 aromatic carbocycles. The van der Waals surface area contributed by atoms with Gasteiger partial charge < -0.3 is 21.1 Å². The lowest BCUT2D eigenvalue weighted by Gasteiger charge is -2.29. The molecule has 0 radical (unpaired) electrons. The molecule has 1 heterocycles. The summed E-state index contributed by atoms with van der Waals surface area (Å²) in [5.41, 5.74) is 0. The van der Waals surface area contributed by atoms with Crippen LogP contribution in [0, 0.1) is 5.92 Å². The molecule has 0 aromatic rings. The summed E-state index contributed by atoms with van der Waals surface area (Å²) in [7, 11) is 0. The third kappa shape index (κ3) is 4.37. The highest BCUT2D eigenvalue weighted by molar-refractivity contribution is 5.82. The maximum Gasteiger partial charge on any atom is 0.326 e. The van der Waals surface area contributed by atoms with Crippen LogP contribution in [0.1, 0.15) is 44.9 Å². The van der Waals surface area contributed by atoms with Crippen LogP contribution in [0.4, 0.5) is 4.79 Å². The van der Waals surface area contributed by atoms with Gasteiger partial charge >= 0.3 is 12.0 Å². The van der Waals surface area contributed by atoms with Gasteiger partial charge in [0.15, 0.2) is 0 Å². The van der Waals surface area contributed by atoms with Crippen LogP contribution in [0.2, 0.25) is 0 Å². The molecule has 0 spiro atoms. The van der Waals surface area contributed by atoms with Gasteiger partial charge in [-0.15, -0.1) is 0 Å². The highest BCUT2D eigenvalue weighted by atomic mass is 16.4. The first-order valence-electron chi connectivity index (χ1n) is 7.67. The quantitative estimate of drug-likeness (QED) is 0.621. The average molecular weight is 283 g/mol. The molecule has 1 aliphatic heterocycles. The number of hydrogen-bond donors (Lipinski definition) is 4. The van der Waals surface area contributed by atoms with Gasteiger partial charge in [0.1, 0.15) is 6.04 Å². The van der Waals surface area contributed by atoms with Gasteiger partial charge in [0.2, 0.25) is 0 Å². The van der Waals surface area contributed by atoms with Crippen molar-refractivity contribution >= 4 is 12.0 Å². The predicted octanol–water partition coefficient (Wildman–Crippen LogP) is 1.07. The van der Waals surface area contributed by atoms with Crippen LogP contribution in [0.5, 0.6) is 0 Å². The first-order chi connectivity index (χ1) is 9.66. The van der Waals surface area contributed by atoms with Crippen molar-refractivity contribution in [1.29, 1.82) is 0 Å². The molecule has 1 unspecified atom stereocenters. The number of piperidine rings is 1. The molecule has 4 N–H and O–H groups in total. The molecule has 1 saturated carbocycles. The van der Waals surface area contributed by atoms with Crippen LogP contribution in [-0.2, 0) is 4.79 Å². The van der Waals surface area contributed by atoms with E-state index in [-0.39, 0.29) is 18.0 Å². The standard InChI is InChI=1S/C14H25N3O3/c18-13(19)12(10-4-2-1-3-5-10)17-14(20)16-11-6-8-15-9-7-11/h10-12,15H,1-9H2,(H,18,19)(H2,16,17,20). The summed E-state index contributed by atoms with van der Waals surface area (Å²) in [5.74, 6) is -0.850. The molecule has 6 nitrogen and oxygen atoms in total. The normalized spacial score (nSPS) is 23.0. The molecule has 2 rings (SSSR count). The summed E-state index contributed by atoms with van der Waals surface area (Å²) in [6, 6.07) is -0.941. The summed E-state index contributed by atoms with van der Waals surface area (Å²) in [4.78, 5) is 23.3. The minimum Gasteiger partial charge on any atom is -0.480 e. The number of hydrogen-bond acceptors (Lipinski definition) is 3. The van der Waals surface area contributed by atoms with E-state index in [0.29, 0.717) is 0 Å². The average Bonchev–Trinajstić information content (AvgIpc) is 2.46. The second-order valence-electron chi connectivity index (χ2n) is 5.86. The van der Waals surface area contributed by atoms with Gasteiger partial charge in [-0.05, 0) is 44.7 Å². The lowest BCUT2D eigenvalue weighted by Crippen LogP contribution is -2.53. The van der Waals surface area contributed by atoms with E-state index in [0.717, 1.165) is 51.6 Å². The molecule has 1 saturated heterocycles. The SMILES string of the molecule is O=C(NC1CCNCC1)NC(C(=O)O)C1CCCCC1. The van der Waals surface area contributed by atoms with Crippen LogP contribution in [0.25, 0.3) is 0 Å². The van der Waals surface area contributed by atoms with Crippen molar-refractivity contribution in [2.75, 3.05) is 13.1 Å². The van der Waals surface area contributed by atoms with E-state index in [9.17, 15) is 14.7 Å². The van der Waals surface area contributed by atoms with Crippen molar-refractivity contribution in [1.82, 2.24) is 16.0 Å². The topological polar surface area (TPSA) is 90.5 Å². The highest BCUT2D eigenvalue weighted by Gasteiger charge is 2.31. The number of carboxylic acids is 1. The first-order valence-corrected chi connectivity index (χ1v) is 7.67. The summed E-state index contributed by atoms with van der Waals surface area (Å²) < 4.78 is 0. The molecule has 6 heteroatoms. The second kappa shape index (κ2) is 7.47. The van der Waals surface area contributed by atoms with Crippen LogP contribution < -0.4 is 16.0 Å². The van der Waals surface area contributed by atoms with Gasteiger partial charge in [-0.2, -0.15) is 0 Å². The number of carbonyl (C=O) groups is 2. The number of amides is 2. The van der Waals surface area contributed by atoms with E-state index in [1.165, 1.54) is 6.42 Å². The maximum absolute atomic E-state index is 12.0. The molecule has 1 aliphatic carbocycles. The lowest BCUT2D eigenvalue weighted by molar-refractivity contribution is -0.141. The molecule has 1 atom stereocenters. The van der Waals surface area contributed by atoms with Crippen LogP contribution >= 0.6 is 0 Å². The lowest BCUT2D eigenvalue weighted by atomic mass is 9.84. The largest absolute Gasteiger partial charge is 0.480 e. The molecule has 2 amide bonds. The van der Waals surface area contributed by atoms with Crippen LogP contribution in [0.3, 0.4) is 0 Å².